The van der Waals surface area contributed by atoms with Crippen LogP contribution >= 0.6 is 33.9 Å². The predicted octanol–water partition coefficient (Wildman–Crippen LogP) is 18.6. The molecular formula is C80H97IN4O11SV. The number of rotatable bonds is 19. The van der Waals surface area contributed by atoms with Crippen LogP contribution in [0.25, 0.3) is 27.9 Å². The number of carbonyl (C=O) groups is 8. The molecule has 0 saturated carbocycles. The number of aliphatic hydroxyl groups is 1. The summed E-state index contributed by atoms with van der Waals surface area (Å²) in [5, 5.41) is 10.3. The maximum Gasteiger partial charge on any atom is 0.418 e. The van der Waals surface area contributed by atoms with Gasteiger partial charge in [-0.3, -0.25) is 42.3 Å². The molecule has 0 unspecified atom stereocenters. The van der Waals surface area contributed by atoms with Gasteiger partial charge >= 0.3 is 12.2 Å². The number of aldehydes is 1. The second-order valence-electron chi connectivity index (χ2n) is 24.4. The zero-order valence-corrected chi connectivity index (χ0v) is 61.3. The molecule has 3 heterocycles. The topological polar surface area (TPSA) is 192 Å². The van der Waals surface area contributed by atoms with Gasteiger partial charge in [0.1, 0.15) is 24.0 Å². The number of ketones is 5. The van der Waals surface area contributed by atoms with Crippen LogP contribution in [-0.2, 0) is 47.4 Å². The van der Waals surface area contributed by atoms with Crippen LogP contribution in [0.15, 0.2) is 182 Å². The number of benzene rings is 6. The van der Waals surface area contributed by atoms with E-state index in [0.717, 1.165) is 59.6 Å². The van der Waals surface area contributed by atoms with Crippen molar-refractivity contribution in [3.63, 3.8) is 0 Å². The summed E-state index contributed by atoms with van der Waals surface area (Å²) in [7, 11) is 3.94. The molecule has 1 aliphatic carbocycles. The number of aliphatic hydroxyl groups excluding tert-OH is 1. The van der Waals surface area contributed by atoms with Crippen LogP contribution in [0.5, 0.6) is 0 Å². The normalized spacial score (nSPS) is 10.8. The van der Waals surface area contributed by atoms with Crippen LogP contribution < -0.4 is 4.57 Å². The quantitative estimate of drug-likeness (QED) is 0.0265. The third-order valence-electron chi connectivity index (χ3n) is 14.4. The molecule has 0 atom stereocenters. The van der Waals surface area contributed by atoms with Crippen molar-refractivity contribution in [3.8, 4) is 0 Å². The van der Waals surface area contributed by atoms with E-state index in [1.54, 1.807) is 109 Å². The van der Waals surface area contributed by atoms with Gasteiger partial charge < -0.3 is 42.1 Å². The summed E-state index contributed by atoms with van der Waals surface area (Å²) >= 11 is 3.95. The Morgan fingerprint density at radius 1 is 0.602 bits per heavy atom. The van der Waals surface area contributed by atoms with Crippen molar-refractivity contribution in [2.75, 3.05) is 27.2 Å². The number of hydrogen-bond donors (Lipinski definition) is 1. The van der Waals surface area contributed by atoms with E-state index in [1.807, 2.05) is 139 Å². The van der Waals surface area contributed by atoms with Crippen LogP contribution in [0.3, 0.4) is 0 Å². The molecule has 0 fully saturated rings. The van der Waals surface area contributed by atoms with E-state index >= 15 is 0 Å². The first-order valence-electron chi connectivity index (χ1n) is 31.7. The molecule has 6 aromatic carbocycles. The number of Topliss-reactive ketones (excluding diaryl/α,β-unsaturated/α-hetero) is 5. The summed E-state index contributed by atoms with van der Waals surface area (Å²) in [4.78, 5) is 98.7. The maximum atomic E-state index is 12.5. The summed E-state index contributed by atoms with van der Waals surface area (Å²) in [5.41, 5.74) is 9.97. The predicted molar refractivity (Wildman–Crippen MR) is 402 cm³/mol. The summed E-state index contributed by atoms with van der Waals surface area (Å²) in [5.74, 6) is 0.115. The number of halogens is 1. The van der Waals surface area contributed by atoms with Gasteiger partial charge in [0.05, 0.1) is 15.9 Å². The minimum absolute atomic E-state index is 0. The largest absolute Gasteiger partial charge is 0.443 e. The molecule has 98 heavy (non-hydrogen) atoms. The van der Waals surface area contributed by atoms with Gasteiger partial charge in [-0.05, 0) is 135 Å². The van der Waals surface area contributed by atoms with Gasteiger partial charge in [-0.2, -0.15) is 11.0 Å². The van der Waals surface area contributed by atoms with Crippen LogP contribution in [-0.4, -0.2) is 105 Å². The SMILES string of the molecule is C.C.CC(C)(C)OC(=O)n1ccc2cc(C(=O)CCC(=O)c3ccccc3)ccc21.CC(C)(C)OC(=O)n1ccc2cc(C=O)ccc21.CC[CH-]I.CC[n+]1csc(CCO)c1C.CN(C)CCC(=O)c1ccccc1.O=C(CCC(=O)c1ccc2c(c1)C=CC2)c1ccccc1.[V]. The number of hydrogen-bond acceptors (Lipinski definition) is 13. The molecule has 18 heteroatoms. The molecule has 1 N–H and O–H groups in total. The van der Waals surface area contributed by atoms with E-state index in [4.69, 9.17) is 14.6 Å². The third-order valence-corrected chi connectivity index (χ3v) is 16.4. The van der Waals surface area contributed by atoms with Crippen LogP contribution in [0, 0.1) is 11.4 Å². The van der Waals surface area contributed by atoms with Gasteiger partial charge in [-0.1, -0.05) is 148 Å². The maximum absolute atomic E-state index is 12.5. The number of ether oxygens (including phenoxy) is 2. The van der Waals surface area contributed by atoms with Crippen LogP contribution in [0.4, 0.5) is 9.59 Å². The molecule has 0 aliphatic heterocycles. The Hall–Kier alpha value is -8.04. The molecule has 0 saturated heterocycles. The molecule has 0 bridgehead atoms. The Morgan fingerprint density at radius 2 is 1.02 bits per heavy atom. The number of allylic oxidation sites excluding steroid dienone is 1. The van der Waals surface area contributed by atoms with Gasteiger partial charge in [0.25, 0.3) is 0 Å². The fourth-order valence-electron chi connectivity index (χ4n) is 9.39. The first-order valence-corrected chi connectivity index (χ1v) is 33.8. The van der Waals surface area contributed by atoms with Crippen molar-refractivity contribution >= 4 is 109 Å². The molecule has 0 amide bonds. The Labute approximate surface area is 609 Å². The van der Waals surface area contributed by atoms with Crippen LogP contribution in [0.2, 0.25) is 0 Å². The fourth-order valence-corrected chi connectivity index (χ4v) is 10.4. The van der Waals surface area contributed by atoms with Crippen molar-refractivity contribution in [2.24, 2.45) is 0 Å². The third kappa shape index (κ3) is 28.4. The van der Waals surface area contributed by atoms with Gasteiger partial charge in [-0.25, -0.2) is 9.59 Å². The summed E-state index contributed by atoms with van der Waals surface area (Å²) < 4.78 is 17.9. The summed E-state index contributed by atoms with van der Waals surface area (Å²) in [6.45, 7) is 19.3. The van der Waals surface area contributed by atoms with Gasteiger partial charge in [0.15, 0.2) is 34.6 Å². The standard InChI is InChI=1S/C23H23NO4.C19H16O2.C14H15NO3.C11H15NO.C8H14NOS.C3H6I.2CH4.V/c1-23(2,3)28-22(27)24-14-13-17-15-18(9-10-19(17)24)21(26)12-11-20(25)16-7-5-4-6-8-16;20-18(15-5-2-1-3-6-15)11-12-19(21)17-10-9-14-7-4-8-16(14)13-17;1-14(2,3)18-13(17)15-7-6-11-8-10(9-16)4-5-12(11)15;1-12(2)9-8-11(13)10-6-4-3-5-7-10;1-3-9-6-11-8(4-5-10)7(9)2;1-2-3-4;;;/h4-10,13-15H,11-12H2,1-3H3;1-6,8-10,13H,7,11-12H2;4-9H,1-3H3;3-7H,8-9H2,1-2H3;6,10H,3-5H2,1-2H3;3H,2H2,1H3;2*1H4;/q;;;;+1;-1;;;. The zero-order chi connectivity index (χ0) is 69.7. The second kappa shape index (κ2) is 43.4. The molecule has 1 aliphatic rings. The first kappa shape index (κ1) is 86.1. The number of thiazole rings is 1. The number of carbonyl (C=O) groups excluding carboxylic acids is 8. The number of nitrogens with zero attached hydrogens (tertiary/aromatic N) is 4. The average molecular weight is 1500 g/mol. The summed E-state index contributed by atoms with van der Waals surface area (Å²) in [6.07, 6.45) is 11.7. The van der Waals surface area contributed by atoms with Crippen LogP contribution in [0.1, 0.15) is 193 Å². The van der Waals surface area contributed by atoms with E-state index in [-0.39, 0.29) is 94.6 Å². The second-order valence-corrected chi connectivity index (χ2v) is 26.2. The Bertz CT molecular complexity index is 4030. The number of fused-ring (bicyclic) bond motifs is 3. The molecular weight excluding hydrogens is 1400 g/mol. The van der Waals surface area contributed by atoms with E-state index < -0.39 is 23.4 Å². The molecule has 1 radical (unpaired) electrons. The molecule has 3 aromatic heterocycles. The Kier molecular flexibility index (Phi) is 38.1. The van der Waals surface area contributed by atoms with Gasteiger partial charge in [0, 0.05) is 134 Å². The van der Waals surface area contributed by atoms with Crippen molar-refractivity contribution < 1.29 is 76.1 Å². The Balaban J connectivity index is 0.000000421. The van der Waals surface area contributed by atoms with Crippen molar-refractivity contribution in [1.82, 2.24) is 14.0 Å². The van der Waals surface area contributed by atoms with Gasteiger partial charge in [-0.15, -0.1) is 0 Å². The number of aromatic nitrogens is 3. The van der Waals surface area contributed by atoms with Crippen molar-refractivity contribution in [2.45, 2.75) is 146 Å². The molecule has 15 nitrogen and oxygen atoms in total. The fraction of sp³-hybridized carbons (Fsp3) is 0.325. The van der Waals surface area contributed by atoms with E-state index in [1.165, 1.54) is 31.7 Å². The van der Waals surface area contributed by atoms with E-state index in [9.17, 15) is 38.4 Å². The number of aryl methyl sites for hydroxylation is 1. The first-order chi connectivity index (χ1) is 45.3. The van der Waals surface area contributed by atoms with Crippen molar-refractivity contribution in [1.29, 1.82) is 0 Å². The summed E-state index contributed by atoms with van der Waals surface area (Å²) in [6, 6.07) is 47.1. The molecule has 521 valence electrons. The van der Waals surface area contributed by atoms with Crippen molar-refractivity contribution in [3.05, 3.63) is 241 Å². The average Bonchev–Trinajstić information content (AvgIpc) is 1.65. The smallest absolute Gasteiger partial charge is 0.418 e. The minimum Gasteiger partial charge on any atom is -0.443 e. The van der Waals surface area contributed by atoms with E-state index in [0.29, 0.717) is 39.8 Å². The molecule has 10 rings (SSSR count). The zero-order valence-electron chi connectivity index (χ0n) is 56.9. The van der Waals surface area contributed by atoms with Gasteiger partial charge in [0.2, 0.25) is 5.51 Å². The molecule has 0 spiro atoms. The molecule has 9 aromatic rings. The monoisotopic (exact) mass is 1500 g/mol. The minimum atomic E-state index is -0.588. The van der Waals surface area contributed by atoms with E-state index in [2.05, 4.69) is 63.9 Å². The Morgan fingerprint density at radius 3 is 1.43 bits per heavy atom.